The number of rotatable bonds is 5. The highest BCUT2D eigenvalue weighted by Gasteiger charge is 2.11. The van der Waals surface area contributed by atoms with E-state index in [1.165, 1.54) is 7.11 Å². The molecule has 1 aromatic heterocycles. The van der Waals surface area contributed by atoms with Gasteiger partial charge in [-0.1, -0.05) is 0 Å². The Labute approximate surface area is 120 Å². The molecule has 0 atom stereocenters. The molecule has 0 bridgehead atoms. The number of nitrogens with zero attached hydrogens (tertiary/aromatic N) is 2. The van der Waals surface area contributed by atoms with Gasteiger partial charge in [-0.05, 0) is 31.2 Å². The summed E-state index contributed by atoms with van der Waals surface area (Å²) in [6.45, 7) is 1.54. The van der Waals surface area contributed by atoms with Gasteiger partial charge in [-0.15, -0.1) is 5.10 Å². The van der Waals surface area contributed by atoms with E-state index in [9.17, 15) is 9.59 Å². The lowest BCUT2D eigenvalue weighted by atomic mass is 10.3. The third-order valence-corrected chi connectivity index (χ3v) is 2.50. The van der Waals surface area contributed by atoms with Gasteiger partial charge < -0.3 is 14.8 Å². The second kappa shape index (κ2) is 6.51. The first-order chi connectivity index (χ1) is 10.1. The van der Waals surface area contributed by atoms with Crippen LogP contribution in [0.5, 0.6) is 5.75 Å². The fraction of sp³-hybridized carbons (Fsp3) is 0.231. The molecule has 0 radical (unpaired) electrons. The van der Waals surface area contributed by atoms with E-state index in [0.717, 1.165) is 0 Å². The quantitative estimate of drug-likeness (QED) is 0.793. The van der Waals surface area contributed by atoms with E-state index in [1.807, 2.05) is 0 Å². The van der Waals surface area contributed by atoms with Gasteiger partial charge in [-0.3, -0.25) is 9.89 Å². The molecule has 8 heteroatoms. The van der Waals surface area contributed by atoms with Crippen LogP contribution in [0, 0.1) is 6.92 Å². The van der Waals surface area contributed by atoms with E-state index in [-0.39, 0.29) is 12.4 Å². The summed E-state index contributed by atoms with van der Waals surface area (Å²) in [5, 5.41) is 9.00. The number of hydrogen-bond donors (Lipinski definition) is 2. The zero-order valence-electron chi connectivity index (χ0n) is 11.5. The number of hydrogen-bond acceptors (Lipinski definition) is 6. The molecule has 0 aliphatic rings. The molecule has 1 amide bonds. The molecular formula is C13H14N4O4. The lowest BCUT2D eigenvalue weighted by Crippen LogP contribution is -2.14. The van der Waals surface area contributed by atoms with Gasteiger partial charge in [0.1, 0.15) is 11.6 Å². The number of aryl methyl sites for hydroxylation is 1. The highest BCUT2D eigenvalue weighted by molar-refractivity contribution is 6.01. The van der Waals surface area contributed by atoms with Crippen molar-refractivity contribution in [3.8, 4) is 5.75 Å². The van der Waals surface area contributed by atoms with E-state index in [2.05, 4.69) is 25.2 Å². The molecule has 2 N–H and O–H groups in total. The first-order valence-corrected chi connectivity index (χ1v) is 6.08. The smallest absolute Gasteiger partial charge is 0.343 e. The normalized spacial score (nSPS) is 10.0. The van der Waals surface area contributed by atoms with Crippen LogP contribution in [0.2, 0.25) is 0 Å². The number of benzene rings is 1. The Morgan fingerprint density at radius 3 is 2.57 bits per heavy atom. The number of aromatic nitrogens is 3. The van der Waals surface area contributed by atoms with Crippen molar-refractivity contribution in [2.75, 3.05) is 19.0 Å². The van der Waals surface area contributed by atoms with Gasteiger partial charge in [0.25, 0.3) is 5.91 Å². The summed E-state index contributed by atoms with van der Waals surface area (Å²) in [5.74, 6) is 0.243. The number of carbonyl (C=O) groups excluding carboxylic acids is 2. The van der Waals surface area contributed by atoms with E-state index < -0.39 is 11.9 Å². The van der Waals surface area contributed by atoms with Gasteiger partial charge in [-0.2, -0.15) is 0 Å². The van der Waals surface area contributed by atoms with E-state index in [0.29, 0.717) is 17.3 Å². The summed E-state index contributed by atoms with van der Waals surface area (Å²) in [5.41, 5.74) is 0.563. The van der Waals surface area contributed by atoms with Crippen LogP contribution in [-0.2, 0) is 9.53 Å². The third kappa shape index (κ3) is 4.03. The Bertz CT molecular complexity index is 636. The van der Waals surface area contributed by atoms with Crippen LogP contribution in [0.25, 0.3) is 0 Å². The zero-order valence-corrected chi connectivity index (χ0v) is 11.5. The largest absolute Gasteiger partial charge is 0.482 e. The minimum absolute atomic E-state index is 0.0681. The molecule has 0 saturated heterocycles. The predicted molar refractivity (Wildman–Crippen MR) is 73.0 cm³/mol. The minimum atomic E-state index is -0.465. The number of aromatic amines is 1. The summed E-state index contributed by atoms with van der Waals surface area (Å²) < 4.78 is 9.65. The monoisotopic (exact) mass is 290 g/mol. The van der Waals surface area contributed by atoms with Gasteiger partial charge in [0.2, 0.25) is 5.82 Å². The van der Waals surface area contributed by atoms with Gasteiger partial charge in [0.05, 0.1) is 7.11 Å². The highest BCUT2D eigenvalue weighted by atomic mass is 16.6. The highest BCUT2D eigenvalue weighted by Crippen LogP contribution is 2.16. The van der Waals surface area contributed by atoms with Gasteiger partial charge in [-0.25, -0.2) is 9.78 Å². The summed E-state index contributed by atoms with van der Waals surface area (Å²) in [6.07, 6.45) is 0. The lowest BCUT2D eigenvalue weighted by Gasteiger charge is -2.06. The van der Waals surface area contributed by atoms with Gasteiger partial charge in [0, 0.05) is 5.69 Å². The van der Waals surface area contributed by atoms with Crippen molar-refractivity contribution in [2.45, 2.75) is 6.92 Å². The summed E-state index contributed by atoms with van der Waals surface area (Å²) in [4.78, 5) is 26.7. The number of H-pyrrole nitrogens is 1. The molecule has 0 fully saturated rings. The van der Waals surface area contributed by atoms with Crippen LogP contribution in [0.1, 0.15) is 16.4 Å². The summed E-state index contributed by atoms with van der Waals surface area (Å²) in [7, 11) is 1.29. The van der Waals surface area contributed by atoms with E-state index in [4.69, 9.17) is 4.74 Å². The van der Waals surface area contributed by atoms with Crippen LogP contribution < -0.4 is 10.1 Å². The predicted octanol–water partition coefficient (Wildman–Crippen LogP) is 0.917. The van der Waals surface area contributed by atoms with Crippen molar-refractivity contribution >= 4 is 17.6 Å². The maximum atomic E-state index is 11.8. The topological polar surface area (TPSA) is 106 Å². The molecule has 8 nitrogen and oxygen atoms in total. The van der Waals surface area contributed by atoms with Crippen LogP contribution in [0.15, 0.2) is 24.3 Å². The van der Waals surface area contributed by atoms with E-state index in [1.54, 1.807) is 31.2 Å². The van der Waals surface area contributed by atoms with Crippen LogP contribution in [-0.4, -0.2) is 40.8 Å². The summed E-state index contributed by atoms with van der Waals surface area (Å²) in [6, 6.07) is 6.54. The van der Waals surface area contributed by atoms with Gasteiger partial charge in [0.15, 0.2) is 6.61 Å². The molecule has 2 rings (SSSR count). The lowest BCUT2D eigenvalue weighted by molar-refractivity contribution is -0.142. The first kappa shape index (κ1) is 14.5. The Kier molecular flexibility index (Phi) is 4.50. The fourth-order valence-corrected chi connectivity index (χ4v) is 1.47. The number of methoxy groups -OCH3 is 1. The van der Waals surface area contributed by atoms with Crippen molar-refractivity contribution in [3.05, 3.63) is 35.9 Å². The summed E-state index contributed by atoms with van der Waals surface area (Å²) >= 11 is 0. The molecule has 2 aromatic rings. The van der Waals surface area contributed by atoms with Crippen LogP contribution in [0.3, 0.4) is 0 Å². The number of anilines is 1. The zero-order chi connectivity index (χ0) is 15.2. The van der Waals surface area contributed by atoms with Crippen molar-refractivity contribution in [1.82, 2.24) is 15.2 Å². The second-order valence-electron chi connectivity index (χ2n) is 4.09. The standard InChI is InChI=1S/C13H14N4O4/c1-8-14-12(17-16-8)13(19)15-9-3-5-10(6-4-9)21-7-11(18)20-2/h3-6H,7H2,1-2H3,(H,15,19)(H,14,16,17). The number of amides is 1. The maximum Gasteiger partial charge on any atom is 0.343 e. The Balaban J connectivity index is 1.93. The van der Waals surface area contributed by atoms with Crippen molar-refractivity contribution < 1.29 is 19.1 Å². The van der Waals surface area contributed by atoms with Crippen molar-refractivity contribution in [2.24, 2.45) is 0 Å². The molecule has 0 unspecified atom stereocenters. The molecular weight excluding hydrogens is 276 g/mol. The van der Waals surface area contributed by atoms with Gasteiger partial charge >= 0.3 is 5.97 Å². The molecule has 0 saturated carbocycles. The third-order valence-electron chi connectivity index (χ3n) is 2.50. The number of esters is 1. The maximum absolute atomic E-state index is 11.8. The Morgan fingerprint density at radius 2 is 2.00 bits per heavy atom. The molecule has 0 aliphatic heterocycles. The fourth-order valence-electron chi connectivity index (χ4n) is 1.47. The number of nitrogens with one attached hydrogen (secondary N) is 2. The average molecular weight is 290 g/mol. The minimum Gasteiger partial charge on any atom is -0.482 e. The number of ether oxygens (including phenoxy) is 2. The molecule has 0 spiro atoms. The molecule has 1 aromatic carbocycles. The van der Waals surface area contributed by atoms with Crippen molar-refractivity contribution in [3.63, 3.8) is 0 Å². The van der Waals surface area contributed by atoms with Crippen LogP contribution >= 0.6 is 0 Å². The second-order valence-corrected chi connectivity index (χ2v) is 4.09. The Morgan fingerprint density at radius 1 is 1.29 bits per heavy atom. The van der Waals surface area contributed by atoms with E-state index >= 15 is 0 Å². The first-order valence-electron chi connectivity index (χ1n) is 6.08. The average Bonchev–Trinajstić information content (AvgIpc) is 2.93. The van der Waals surface area contributed by atoms with Crippen LogP contribution in [0.4, 0.5) is 5.69 Å². The van der Waals surface area contributed by atoms with Crippen molar-refractivity contribution in [1.29, 1.82) is 0 Å². The molecule has 0 aliphatic carbocycles. The molecule has 110 valence electrons. The molecule has 1 heterocycles. The SMILES string of the molecule is COC(=O)COc1ccc(NC(=O)c2n[nH]c(C)n2)cc1. The molecule has 21 heavy (non-hydrogen) atoms. The Hall–Kier alpha value is -2.90. The number of carbonyl (C=O) groups is 2.